The number of carbonyl (C=O) groups excluding carboxylic acids is 1. The van der Waals surface area contributed by atoms with Crippen LogP contribution in [-0.4, -0.2) is 25.2 Å². The molecule has 20 heavy (non-hydrogen) atoms. The van der Waals surface area contributed by atoms with E-state index in [0.717, 1.165) is 12.1 Å². The first-order chi connectivity index (χ1) is 9.70. The minimum absolute atomic E-state index is 0.204. The van der Waals surface area contributed by atoms with Gasteiger partial charge in [-0.25, -0.2) is 0 Å². The topological polar surface area (TPSA) is 73.6 Å². The summed E-state index contributed by atoms with van der Waals surface area (Å²) in [7, 11) is 0. The Morgan fingerprint density at radius 2 is 2.20 bits per heavy atom. The third kappa shape index (κ3) is 4.42. The number of benzene rings is 1. The van der Waals surface area contributed by atoms with Crippen LogP contribution in [0.3, 0.4) is 0 Å². The summed E-state index contributed by atoms with van der Waals surface area (Å²) in [6.45, 7) is 3.53. The van der Waals surface area contributed by atoms with Gasteiger partial charge in [-0.15, -0.1) is 0 Å². The summed E-state index contributed by atoms with van der Waals surface area (Å²) in [5, 5.41) is 3.45. The number of para-hydroxylation sites is 1. The lowest BCUT2D eigenvalue weighted by atomic mass is 10.2. The van der Waals surface area contributed by atoms with E-state index in [1.54, 1.807) is 0 Å². The fourth-order valence-electron chi connectivity index (χ4n) is 1.93. The van der Waals surface area contributed by atoms with Gasteiger partial charge in [0.05, 0.1) is 19.6 Å². The summed E-state index contributed by atoms with van der Waals surface area (Å²) in [6.07, 6.45) is 2.68. The first-order valence-electron chi connectivity index (χ1n) is 7.10. The molecule has 0 unspecified atom stereocenters. The van der Waals surface area contributed by atoms with Gasteiger partial charge in [-0.3, -0.25) is 4.79 Å². The smallest absolute Gasteiger partial charge is 0.220 e. The minimum atomic E-state index is -0.364. The van der Waals surface area contributed by atoms with Crippen LogP contribution in [0.5, 0.6) is 11.5 Å². The second kappa shape index (κ2) is 7.14. The molecular formula is C15H22N2O3. The van der Waals surface area contributed by atoms with E-state index >= 15 is 0 Å². The second-order valence-electron chi connectivity index (χ2n) is 4.90. The van der Waals surface area contributed by atoms with E-state index in [-0.39, 0.29) is 18.9 Å². The fraction of sp³-hybridized carbons (Fsp3) is 0.533. The maximum atomic E-state index is 10.8. The van der Waals surface area contributed by atoms with Crippen LogP contribution in [0.15, 0.2) is 18.2 Å². The molecule has 0 heterocycles. The van der Waals surface area contributed by atoms with E-state index < -0.39 is 0 Å². The number of rotatable bonds is 9. The van der Waals surface area contributed by atoms with Gasteiger partial charge >= 0.3 is 0 Å². The quantitative estimate of drug-likeness (QED) is 0.719. The molecule has 0 atom stereocenters. The van der Waals surface area contributed by atoms with Crippen LogP contribution < -0.4 is 20.5 Å². The molecule has 0 aromatic heterocycles. The number of carbonyl (C=O) groups is 1. The summed E-state index contributed by atoms with van der Waals surface area (Å²) in [5.74, 6) is 1.06. The van der Waals surface area contributed by atoms with Crippen molar-refractivity contribution in [2.45, 2.75) is 38.8 Å². The molecule has 3 N–H and O–H groups in total. The molecule has 1 aliphatic rings. The highest BCUT2D eigenvalue weighted by Gasteiger charge is 2.21. The van der Waals surface area contributed by atoms with E-state index in [1.165, 1.54) is 12.8 Å². The number of nitrogens with one attached hydrogen (secondary N) is 1. The molecule has 1 amide bonds. The van der Waals surface area contributed by atoms with Gasteiger partial charge in [0.25, 0.3) is 0 Å². The predicted octanol–water partition coefficient (Wildman–Crippen LogP) is 1.59. The molecule has 5 heteroatoms. The Labute approximate surface area is 119 Å². The van der Waals surface area contributed by atoms with Crippen LogP contribution in [0.4, 0.5) is 0 Å². The minimum Gasteiger partial charge on any atom is -0.490 e. The van der Waals surface area contributed by atoms with Crippen LogP contribution in [0.25, 0.3) is 0 Å². The predicted molar refractivity (Wildman–Crippen MR) is 76.8 cm³/mol. The van der Waals surface area contributed by atoms with Crippen LogP contribution in [0.2, 0.25) is 0 Å². The maximum Gasteiger partial charge on any atom is 0.220 e. The Hall–Kier alpha value is -1.75. The van der Waals surface area contributed by atoms with Gasteiger partial charge in [0.1, 0.15) is 0 Å². The molecule has 0 aliphatic heterocycles. The van der Waals surface area contributed by atoms with Crippen molar-refractivity contribution in [1.29, 1.82) is 0 Å². The van der Waals surface area contributed by atoms with Crippen molar-refractivity contribution in [3.05, 3.63) is 23.8 Å². The number of hydrogen-bond acceptors (Lipinski definition) is 4. The second-order valence-corrected chi connectivity index (χ2v) is 4.90. The Morgan fingerprint density at radius 1 is 1.40 bits per heavy atom. The van der Waals surface area contributed by atoms with Crippen molar-refractivity contribution in [3.63, 3.8) is 0 Å². The SMILES string of the molecule is CCOc1cccc(CNC2CC2)c1OCCC(N)=O. The zero-order valence-electron chi connectivity index (χ0n) is 11.9. The van der Waals surface area contributed by atoms with Crippen LogP contribution in [0, 0.1) is 0 Å². The summed E-state index contributed by atoms with van der Waals surface area (Å²) in [4.78, 5) is 10.8. The largest absolute Gasteiger partial charge is 0.490 e. The number of nitrogens with two attached hydrogens (primary N) is 1. The molecule has 1 saturated carbocycles. The average molecular weight is 278 g/mol. The van der Waals surface area contributed by atoms with Gasteiger partial charge in [0, 0.05) is 18.2 Å². The number of amides is 1. The molecule has 0 radical (unpaired) electrons. The maximum absolute atomic E-state index is 10.8. The molecule has 1 aliphatic carbocycles. The zero-order valence-corrected chi connectivity index (χ0v) is 11.9. The average Bonchev–Trinajstić information content (AvgIpc) is 3.22. The third-order valence-electron chi connectivity index (χ3n) is 3.11. The van der Waals surface area contributed by atoms with Crippen molar-refractivity contribution < 1.29 is 14.3 Å². The Morgan fingerprint density at radius 3 is 2.85 bits per heavy atom. The van der Waals surface area contributed by atoms with Gasteiger partial charge in [0.15, 0.2) is 11.5 Å². The van der Waals surface area contributed by atoms with Crippen molar-refractivity contribution in [2.75, 3.05) is 13.2 Å². The van der Waals surface area contributed by atoms with Crippen molar-refractivity contribution in [1.82, 2.24) is 5.32 Å². The van der Waals surface area contributed by atoms with Crippen LogP contribution in [-0.2, 0) is 11.3 Å². The highest BCUT2D eigenvalue weighted by atomic mass is 16.5. The first-order valence-corrected chi connectivity index (χ1v) is 7.10. The van der Waals surface area contributed by atoms with Gasteiger partial charge in [-0.05, 0) is 25.8 Å². The van der Waals surface area contributed by atoms with Crippen molar-refractivity contribution in [3.8, 4) is 11.5 Å². The fourth-order valence-corrected chi connectivity index (χ4v) is 1.93. The van der Waals surface area contributed by atoms with Crippen LogP contribution >= 0.6 is 0 Å². The lowest BCUT2D eigenvalue weighted by Gasteiger charge is -2.16. The highest BCUT2D eigenvalue weighted by molar-refractivity contribution is 5.73. The first kappa shape index (κ1) is 14.7. The molecule has 0 saturated heterocycles. The molecular weight excluding hydrogens is 256 g/mol. The van der Waals surface area contributed by atoms with E-state index in [1.807, 2.05) is 25.1 Å². The summed E-state index contributed by atoms with van der Waals surface area (Å²) in [6, 6.07) is 6.47. The van der Waals surface area contributed by atoms with E-state index in [0.29, 0.717) is 24.1 Å². The van der Waals surface area contributed by atoms with Crippen LogP contribution in [0.1, 0.15) is 31.7 Å². The van der Waals surface area contributed by atoms with Gasteiger partial charge in [0.2, 0.25) is 5.91 Å². The van der Waals surface area contributed by atoms with Crippen molar-refractivity contribution >= 4 is 5.91 Å². The summed E-state index contributed by atoms with van der Waals surface area (Å²) < 4.78 is 11.3. The zero-order chi connectivity index (χ0) is 14.4. The highest BCUT2D eigenvalue weighted by Crippen LogP contribution is 2.32. The van der Waals surface area contributed by atoms with E-state index in [9.17, 15) is 4.79 Å². The standard InChI is InChI=1S/C15H22N2O3/c1-2-19-13-5-3-4-11(10-17-12-6-7-12)15(13)20-9-8-14(16)18/h3-5,12,17H,2,6-10H2,1H3,(H2,16,18). The molecule has 2 rings (SSSR count). The summed E-state index contributed by atoms with van der Waals surface area (Å²) in [5.41, 5.74) is 6.18. The molecule has 0 bridgehead atoms. The monoisotopic (exact) mass is 278 g/mol. The number of primary amides is 1. The normalized spacial score (nSPS) is 14.1. The number of ether oxygens (including phenoxy) is 2. The lowest BCUT2D eigenvalue weighted by Crippen LogP contribution is -2.18. The molecule has 1 aromatic carbocycles. The summed E-state index contributed by atoms with van der Waals surface area (Å²) >= 11 is 0. The van der Waals surface area contributed by atoms with Gasteiger partial charge in [-0.1, -0.05) is 12.1 Å². The van der Waals surface area contributed by atoms with Gasteiger partial charge < -0.3 is 20.5 Å². The lowest BCUT2D eigenvalue weighted by molar-refractivity contribution is -0.118. The molecule has 1 aromatic rings. The van der Waals surface area contributed by atoms with Gasteiger partial charge in [-0.2, -0.15) is 0 Å². The van der Waals surface area contributed by atoms with E-state index in [2.05, 4.69) is 5.32 Å². The molecule has 0 spiro atoms. The molecule has 5 nitrogen and oxygen atoms in total. The Balaban J connectivity index is 2.05. The van der Waals surface area contributed by atoms with E-state index in [4.69, 9.17) is 15.2 Å². The Kier molecular flexibility index (Phi) is 5.24. The third-order valence-corrected chi connectivity index (χ3v) is 3.11. The Bertz CT molecular complexity index is 458. The molecule has 1 fully saturated rings. The van der Waals surface area contributed by atoms with Crippen molar-refractivity contribution in [2.24, 2.45) is 5.73 Å². The number of hydrogen-bond donors (Lipinski definition) is 2. The molecule has 110 valence electrons.